The molecule has 0 radical (unpaired) electrons. The first-order valence-electron chi connectivity index (χ1n) is 12.4. The quantitative estimate of drug-likeness (QED) is 0.437. The van der Waals surface area contributed by atoms with Crippen molar-refractivity contribution >= 4 is 49.0 Å². The SMILES string of the molecule is CC(C)C[C@H](NC(=O)c1cc2ccccc2s1)C(=O)N[C@H]1CCCN(S(=O)(=O)c2ccccc2F)CC1=O. The summed E-state index contributed by atoms with van der Waals surface area (Å²) in [7, 11) is -4.22. The van der Waals surface area contributed by atoms with Crippen LogP contribution in [0, 0.1) is 11.7 Å². The van der Waals surface area contributed by atoms with Crippen LogP contribution < -0.4 is 10.6 Å². The van der Waals surface area contributed by atoms with Gasteiger partial charge >= 0.3 is 0 Å². The Hall–Kier alpha value is -3.15. The van der Waals surface area contributed by atoms with Gasteiger partial charge in [0.05, 0.1) is 17.5 Å². The minimum atomic E-state index is -4.22. The van der Waals surface area contributed by atoms with Crippen LogP contribution in [0.1, 0.15) is 42.8 Å². The van der Waals surface area contributed by atoms with E-state index in [1.54, 1.807) is 6.07 Å². The van der Waals surface area contributed by atoms with Crippen LogP contribution in [0.4, 0.5) is 4.39 Å². The lowest BCUT2D eigenvalue weighted by Gasteiger charge is -2.23. The first-order valence-corrected chi connectivity index (χ1v) is 14.7. The summed E-state index contributed by atoms with van der Waals surface area (Å²) in [6.07, 6.45) is 0.886. The van der Waals surface area contributed by atoms with E-state index >= 15 is 0 Å². The summed E-state index contributed by atoms with van der Waals surface area (Å²) in [6, 6.07) is 12.6. The number of hydrogen-bond donors (Lipinski definition) is 2. The normalized spacial score (nSPS) is 17.8. The molecule has 4 rings (SSSR count). The molecule has 2 N–H and O–H groups in total. The van der Waals surface area contributed by atoms with Crippen LogP contribution in [-0.4, -0.2) is 55.5 Å². The van der Waals surface area contributed by atoms with Gasteiger partial charge in [-0.15, -0.1) is 11.3 Å². The van der Waals surface area contributed by atoms with Crippen molar-refractivity contribution in [2.45, 2.75) is 50.1 Å². The van der Waals surface area contributed by atoms with Gasteiger partial charge in [0.2, 0.25) is 15.9 Å². The molecule has 1 aromatic heterocycles. The molecule has 3 aromatic rings. The Bertz CT molecular complexity index is 1420. The number of amides is 2. The number of hydrogen-bond acceptors (Lipinski definition) is 6. The third-order valence-corrected chi connectivity index (χ3v) is 9.36. The molecule has 1 aliphatic heterocycles. The number of sulfonamides is 1. The highest BCUT2D eigenvalue weighted by Gasteiger charge is 2.35. The van der Waals surface area contributed by atoms with E-state index in [9.17, 15) is 27.2 Å². The fourth-order valence-electron chi connectivity index (χ4n) is 4.45. The van der Waals surface area contributed by atoms with Gasteiger partial charge in [0.1, 0.15) is 16.8 Å². The minimum Gasteiger partial charge on any atom is -0.344 e. The Morgan fingerprint density at radius 1 is 1.13 bits per heavy atom. The van der Waals surface area contributed by atoms with Crippen LogP contribution in [0.2, 0.25) is 0 Å². The number of benzene rings is 2. The molecule has 0 unspecified atom stereocenters. The average molecular weight is 560 g/mol. The second-order valence-electron chi connectivity index (χ2n) is 9.74. The van der Waals surface area contributed by atoms with Crippen LogP contribution >= 0.6 is 11.3 Å². The molecule has 2 amide bonds. The Kier molecular flexibility index (Phi) is 8.59. The van der Waals surface area contributed by atoms with E-state index in [0.717, 1.165) is 26.5 Å². The van der Waals surface area contributed by atoms with E-state index in [1.165, 1.54) is 23.5 Å². The second-order valence-corrected chi connectivity index (χ2v) is 12.7. The van der Waals surface area contributed by atoms with Gasteiger partial charge in [0.15, 0.2) is 5.78 Å². The average Bonchev–Trinajstić information content (AvgIpc) is 3.22. The highest BCUT2D eigenvalue weighted by molar-refractivity contribution is 7.89. The maximum atomic E-state index is 14.2. The third kappa shape index (κ3) is 6.28. The van der Waals surface area contributed by atoms with Crippen molar-refractivity contribution in [2.24, 2.45) is 5.92 Å². The fourth-order valence-corrected chi connectivity index (χ4v) is 6.92. The van der Waals surface area contributed by atoms with Crippen molar-refractivity contribution in [2.75, 3.05) is 13.1 Å². The van der Waals surface area contributed by atoms with Gasteiger partial charge < -0.3 is 10.6 Å². The highest BCUT2D eigenvalue weighted by Crippen LogP contribution is 2.26. The van der Waals surface area contributed by atoms with Crippen molar-refractivity contribution in [3.05, 3.63) is 65.3 Å². The monoisotopic (exact) mass is 559 g/mol. The smallest absolute Gasteiger partial charge is 0.262 e. The maximum absolute atomic E-state index is 14.2. The molecule has 1 saturated heterocycles. The molecule has 1 aliphatic rings. The van der Waals surface area contributed by atoms with E-state index in [2.05, 4.69) is 10.6 Å². The molecule has 0 spiro atoms. The summed E-state index contributed by atoms with van der Waals surface area (Å²) < 4.78 is 42.1. The topological polar surface area (TPSA) is 113 Å². The van der Waals surface area contributed by atoms with Crippen LogP contribution in [0.3, 0.4) is 0 Å². The zero-order valence-electron chi connectivity index (χ0n) is 21.1. The van der Waals surface area contributed by atoms with Crippen molar-refractivity contribution in [3.8, 4) is 0 Å². The Morgan fingerprint density at radius 3 is 2.55 bits per heavy atom. The second kappa shape index (κ2) is 11.7. The molecule has 0 bridgehead atoms. The van der Waals surface area contributed by atoms with Gasteiger partial charge in [-0.1, -0.05) is 44.2 Å². The third-order valence-electron chi connectivity index (χ3n) is 6.37. The number of rotatable bonds is 8. The lowest BCUT2D eigenvalue weighted by atomic mass is 10.0. The zero-order chi connectivity index (χ0) is 27.4. The summed E-state index contributed by atoms with van der Waals surface area (Å²) in [5.74, 6) is -2.17. The number of halogens is 1. The Labute approximate surface area is 225 Å². The Balaban J connectivity index is 1.45. The van der Waals surface area contributed by atoms with Crippen LogP contribution in [0.25, 0.3) is 10.1 Å². The number of ketones is 1. The van der Waals surface area contributed by atoms with Crippen molar-refractivity contribution in [1.82, 2.24) is 14.9 Å². The summed E-state index contributed by atoms with van der Waals surface area (Å²) in [6.45, 7) is 3.39. The summed E-state index contributed by atoms with van der Waals surface area (Å²) in [5.41, 5.74) is 0. The van der Waals surface area contributed by atoms with Gasteiger partial charge in [-0.05, 0) is 54.8 Å². The largest absolute Gasteiger partial charge is 0.344 e. The fraction of sp³-hybridized carbons (Fsp3) is 0.370. The van der Waals surface area contributed by atoms with E-state index in [1.807, 2.05) is 38.1 Å². The molecule has 2 heterocycles. The first-order chi connectivity index (χ1) is 18.1. The minimum absolute atomic E-state index is 0.0207. The molecule has 0 saturated carbocycles. The van der Waals surface area contributed by atoms with E-state index in [-0.39, 0.29) is 24.8 Å². The Morgan fingerprint density at radius 2 is 1.84 bits per heavy atom. The number of nitrogens with one attached hydrogen (secondary N) is 2. The number of nitrogens with zero attached hydrogens (tertiary/aromatic N) is 1. The summed E-state index contributed by atoms with van der Waals surface area (Å²) in [5, 5.41) is 6.47. The molecule has 8 nitrogen and oxygen atoms in total. The van der Waals surface area contributed by atoms with Crippen molar-refractivity contribution in [3.63, 3.8) is 0 Å². The molecule has 2 aromatic carbocycles. The van der Waals surface area contributed by atoms with E-state index < -0.39 is 51.1 Å². The molecule has 11 heteroatoms. The van der Waals surface area contributed by atoms with Gasteiger partial charge in [0.25, 0.3) is 5.91 Å². The molecular formula is C27H30FN3O5S2. The van der Waals surface area contributed by atoms with Gasteiger partial charge in [-0.25, -0.2) is 12.8 Å². The lowest BCUT2D eigenvalue weighted by Crippen LogP contribution is -2.52. The number of carbonyl (C=O) groups excluding carboxylic acids is 3. The number of thiophene rings is 1. The lowest BCUT2D eigenvalue weighted by molar-refractivity contribution is -0.129. The molecule has 38 heavy (non-hydrogen) atoms. The maximum Gasteiger partial charge on any atom is 0.262 e. The van der Waals surface area contributed by atoms with E-state index in [0.29, 0.717) is 17.7 Å². The number of Topliss-reactive ketones (excluding diaryl/α,β-unsaturated/α-hetero) is 1. The molecule has 1 fully saturated rings. The van der Waals surface area contributed by atoms with Gasteiger partial charge in [0, 0.05) is 11.2 Å². The van der Waals surface area contributed by atoms with Crippen LogP contribution in [0.5, 0.6) is 0 Å². The van der Waals surface area contributed by atoms with Crippen LogP contribution in [0.15, 0.2) is 59.5 Å². The standard InChI is InChI=1S/C27H30FN3O5S2/c1-17(2)14-21(30-27(34)24-15-18-8-3-5-11-23(18)37-24)26(33)29-20-10-7-13-31(16-22(20)32)38(35,36)25-12-6-4-9-19(25)28/h3-6,8-9,11-12,15,17,20-21H,7,10,13-14,16H2,1-2H3,(H,29,33)(H,30,34)/t20-,21-/m0/s1. The van der Waals surface area contributed by atoms with Crippen LogP contribution in [-0.2, 0) is 19.6 Å². The number of carbonyl (C=O) groups is 3. The summed E-state index contributed by atoms with van der Waals surface area (Å²) >= 11 is 1.33. The molecule has 2 atom stereocenters. The van der Waals surface area contributed by atoms with Gasteiger partial charge in [-0.2, -0.15) is 4.31 Å². The molecular weight excluding hydrogens is 529 g/mol. The predicted molar refractivity (Wildman–Crippen MR) is 144 cm³/mol. The van der Waals surface area contributed by atoms with Crippen molar-refractivity contribution in [1.29, 1.82) is 0 Å². The summed E-state index contributed by atoms with van der Waals surface area (Å²) in [4.78, 5) is 39.2. The predicted octanol–water partition coefficient (Wildman–Crippen LogP) is 3.72. The van der Waals surface area contributed by atoms with E-state index in [4.69, 9.17) is 0 Å². The molecule has 0 aliphatic carbocycles. The molecule has 202 valence electrons. The number of fused-ring (bicyclic) bond motifs is 1. The zero-order valence-corrected chi connectivity index (χ0v) is 22.8. The van der Waals surface area contributed by atoms with Gasteiger partial charge in [-0.3, -0.25) is 14.4 Å². The van der Waals surface area contributed by atoms with Crippen molar-refractivity contribution < 1.29 is 27.2 Å². The highest BCUT2D eigenvalue weighted by atomic mass is 32.2. The first kappa shape index (κ1) is 27.9.